The van der Waals surface area contributed by atoms with Gasteiger partial charge in [-0.1, -0.05) is 24.6 Å². The third-order valence-corrected chi connectivity index (χ3v) is 6.29. The Morgan fingerprint density at radius 3 is 2.77 bits per heavy atom. The molecule has 0 bridgehead atoms. The summed E-state index contributed by atoms with van der Waals surface area (Å²) in [7, 11) is 0. The zero-order chi connectivity index (χ0) is 22.1. The lowest BCUT2D eigenvalue weighted by Gasteiger charge is -2.41. The normalized spacial score (nSPS) is 20.7. The van der Waals surface area contributed by atoms with Gasteiger partial charge in [-0.3, -0.25) is 4.99 Å². The molecule has 1 aromatic heterocycles. The molecule has 2 N–H and O–H groups in total. The number of hydrogen-bond acceptors (Lipinski definition) is 3. The van der Waals surface area contributed by atoms with Crippen LogP contribution in [-0.4, -0.2) is 33.8 Å². The fraction of sp³-hybridized carbons (Fsp3) is 0.591. The van der Waals surface area contributed by atoms with Gasteiger partial charge < -0.3 is 10.6 Å². The van der Waals surface area contributed by atoms with Crippen molar-refractivity contribution in [3.05, 3.63) is 47.0 Å². The first kappa shape index (κ1) is 21.6. The minimum Gasteiger partial charge on any atom is -0.357 e. The monoisotopic (exact) mass is 434 g/mol. The number of aromatic nitrogens is 3. The Balaban J connectivity index is 1.54. The number of fused-ring (bicyclic) bond motifs is 1. The van der Waals surface area contributed by atoms with E-state index in [-0.39, 0.29) is 11.5 Å². The Hall–Kier alpha value is -2.58. The quantitative estimate of drug-likeness (QED) is 0.549. The first-order valence-corrected chi connectivity index (χ1v) is 10.9. The molecular formula is C22H29F3N6. The van der Waals surface area contributed by atoms with Gasteiger partial charge in [0, 0.05) is 18.5 Å². The maximum atomic E-state index is 13.2. The number of nitrogens with zero attached hydrogens (tertiary/aromatic N) is 4. The van der Waals surface area contributed by atoms with Gasteiger partial charge in [-0.05, 0) is 51.2 Å². The van der Waals surface area contributed by atoms with Crippen molar-refractivity contribution in [2.75, 3.05) is 13.1 Å². The highest BCUT2D eigenvalue weighted by molar-refractivity contribution is 5.80. The summed E-state index contributed by atoms with van der Waals surface area (Å²) in [4.78, 5) is 9.37. The van der Waals surface area contributed by atoms with Crippen LogP contribution in [0.3, 0.4) is 0 Å². The van der Waals surface area contributed by atoms with Crippen LogP contribution in [0.25, 0.3) is 0 Å². The van der Waals surface area contributed by atoms with Crippen LogP contribution in [0, 0.1) is 6.92 Å². The third kappa shape index (κ3) is 4.55. The first-order valence-electron chi connectivity index (χ1n) is 10.9. The van der Waals surface area contributed by atoms with Crippen LogP contribution in [0.5, 0.6) is 0 Å². The molecule has 168 valence electrons. The highest BCUT2D eigenvalue weighted by atomic mass is 19.4. The summed E-state index contributed by atoms with van der Waals surface area (Å²) in [5, 5.41) is 11.2. The molecule has 1 fully saturated rings. The lowest BCUT2D eigenvalue weighted by molar-refractivity contribution is -0.137. The number of aliphatic imine (C=N–C) groups is 1. The fourth-order valence-electron chi connectivity index (χ4n) is 4.49. The SMILES string of the molecule is CCNC(=NCC1(c2cccc(C(F)(F)F)c2)CCC1)NC1CCCn2nc(C)nc21. The number of alkyl halides is 3. The molecule has 9 heteroatoms. The van der Waals surface area contributed by atoms with E-state index in [1.54, 1.807) is 6.07 Å². The van der Waals surface area contributed by atoms with Gasteiger partial charge in [-0.15, -0.1) is 0 Å². The van der Waals surface area contributed by atoms with Crippen molar-refractivity contribution in [3.8, 4) is 0 Å². The van der Waals surface area contributed by atoms with E-state index < -0.39 is 11.7 Å². The summed E-state index contributed by atoms with van der Waals surface area (Å²) in [6, 6.07) is 5.74. The molecule has 2 heterocycles. The zero-order valence-electron chi connectivity index (χ0n) is 18.0. The van der Waals surface area contributed by atoms with Crippen LogP contribution in [0.2, 0.25) is 0 Å². The highest BCUT2D eigenvalue weighted by Gasteiger charge is 2.40. The highest BCUT2D eigenvalue weighted by Crippen LogP contribution is 2.45. The van der Waals surface area contributed by atoms with E-state index in [1.807, 2.05) is 18.5 Å². The molecule has 1 unspecified atom stereocenters. The van der Waals surface area contributed by atoms with E-state index in [0.29, 0.717) is 19.0 Å². The second-order valence-corrected chi connectivity index (χ2v) is 8.49. The molecule has 31 heavy (non-hydrogen) atoms. The van der Waals surface area contributed by atoms with Gasteiger partial charge in [-0.25, -0.2) is 9.67 Å². The molecular weight excluding hydrogens is 405 g/mol. The van der Waals surface area contributed by atoms with Crippen LogP contribution < -0.4 is 10.6 Å². The van der Waals surface area contributed by atoms with E-state index >= 15 is 0 Å². The molecule has 0 saturated heterocycles. The molecule has 0 radical (unpaired) electrons. The summed E-state index contributed by atoms with van der Waals surface area (Å²) in [5.74, 6) is 2.33. The molecule has 1 aliphatic carbocycles. The van der Waals surface area contributed by atoms with Gasteiger partial charge in [0.1, 0.15) is 11.6 Å². The van der Waals surface area contributed by atoms with Crippen LogP contribution in [0.15, 0.2) is 29.3 Å². The summed E-state index contributed by atoms with van der Waals surface area (Å²) in [6.07, 6.45) is 0.279. The van der Waals surface area contributed by atoms with Crippen molar-refractivity contribution >= 4 is 5.96 Å². The van der Waals surface area contributed by atoms with Crippen molar-refractivity contribution in [3.63, 3.8) is 0 Å². The second-order valence-electron chi connectivity index (χ2n) is 8.49. The van der Waals surface area contributed by atoms with E-state index in [1.165, 1.54) is 12.1 Å². The Morgan fingerprint density at radius 2 is 2.10 bits per heavy atom. The predicted octanol–water partition coefficient (Wildman–Crippen LogP) is 4.12. The molecule has 2 aromatic rings. The van der Waals surface area contributed by atoms with Crippen molar-refractivity contribution < 1.29 is 13.2 Å². The smallest absolute Gasteiger partial charge is 0.357 e. The molecule has 0 spiro atoms. The van der Waals surface area contributed by atoms with Gasteiger partial charge in [0.25, 0.3) is 0 Å². The maximum Gasteiger partial charge on any atom is 0.416 e. The Labute approximate surface area is 180 Å². The standard InChI is InChI=1S/C22H29F3N6/c1-3-26-20(29-18-9-5-12-31-19(18)28-15(2)30-31)27-14-21(10-6-11-21)16-7-4-8-17(13-16)22(23,24)25/h4,7-8,13,18H,3,5-6,9-12,14H2,1-2H3,(H2,26,27,29). The van der Waals surface area contributed by atoms with Crippen LogP contribution in [-0.2, 0) is 18.1 Å². The fourth-order valence-corrected chi connectivity index (χ4v) is 4.49. The molecule has 6 nitrogen and oxygen atoms in total. The van der Waals surface area contributed by atoms with Gasteiger partial charge in [0.05, 0.1) is 18.2 Å². The minimum atomic E-state index is -4.34. The van der Waals surface area contributed by atoms with E-state index in [4.69, 9.17) is 4.99 Å². The van der Waals surface area contributed by atoms with Crippen molar-refractivity contribution in [1.29, 1.82) is 0 Å². The van der Waals surface area contributed by atoms with Gasteiger partial charge in [-0.2, -0.15) is 18.3 Å². The van der Waals surface area contributed by atoms with Gasteiger partial charge in [0.2, 0.25) is 0 Å². The third-order valence-electron chi connectivity index (χ3n) is 6.29. The molecule has 4 rings (SSSR count). The minimum absolute atomic E-state index is 0.0126. The second kappa shape index (κ2) is 8.51. The van der Waals surface area contributed by atoms with Gasteiger partial charge in [0.15, 0.2) is 5.96 Å². The first-order chi connectivity index (χ1) is 14.8. The Kier molecular flexibility index (Phi) is 5.94. The van der Waals surface area contributed by atoms with Crippen LogP contribution in [0.1, 0.15) is 67.8 Å². The van der Waals surface area contributed by atoms with Crippen LogP contribution >= 0.6 is 0 Å². The van der Waals surface area contributed by atoms with E-state index in [9.17, 15) is 13.2 Å². The molecule has 1 atom stereocenters. The average Bonchev–Trinajstić information content (AvgIpc) is 3.08. The Bertz CT molecular complexity index is 945. The average molecular weight is 435 g/mol. The number of halogens is 3. The predicted molar refractivity (Wildman–Crippen MR) is 113 cm³/mol. The Morgan fingerprint density at radius 1 is 1.29 bits per heavy atom. The lowest BCUT2D eigenvalue weighted by atomic mass is 9.64. The summed E-state index contributed by atoms with van der Waals surface area (Å²) in [6.45, 7) is 5.89. The lowest BCUT2D eigenvalue weighted by Crippen LogP contribution is -2.44. The van der Waals surface area contributed by atoms with Crippen molar-refractivity contribution in [2.45, 2.75) is 70.1 Å². The summed E-state index contributed by atoms with van der Waals surface area (Å²) in [5.41, 5.74) is -0.212. The van der Waals surface area contributed by atoms with Crippen LogP contribution in [0.4, 0.5) is 13.2 Å². The number of benzene rings is 1. The number of hydrogen-bond donors (Lipinski definition) is 2. The number of guanidine groups is 1. The molecule has 1 aliphatic heterocycles. The molecule has 2 aliphatic rings. The zero-order valence-corrected chi connectivity index (χ0v) is 18.0. The van der Waals surface area contributed by atoms with Crippen molar-refractivity contribution in [1.82, 2.24) is 25.4 Å². The largest absolute Gasteiger partial charge is 0.416 e. The number of nitrogens with one attached hydrogen (secondary N) is 2. The van der Waals surface area contributed by atoms with Gasteiger partial charge >= 0.3 is 6.18 Å². The number of rotatable bonds is 5. The maximum absolute atomic E-state index is 13.2. The topological polar surface area (TPSA) is 67.1 Å². The van der Waals surface area contributed by atoms with E-state index in [2.05, 4.69) is 20.7 Å². The molecule has 1 aromatic carbocycles. The van der Waals surface area contributed by atoms with Crippen molar-refractivity contribution in [2.24, 2.45) is 4.99 Å². The summed E-state index contributed by atoms with van der Waals surface area (Å²) >= 11 is 0. The molecule has 1 saturated carbocycles. The van der Waals surface area contributed by atoms with E-state index in [0.717, 1.165) is 61.9 Å². The number of aryl methyl sites for hydroxylation is 2. The molecule has 0 amide bonds. The summed E-state index contributed by atoms with van der Waals surface area (Å²) < 4.78 is 41.6.